The van der Waals surface area contributed by atoms with Crippen LogP contribution in [0.2, 0.25) is 0 Å². The maximum atomic E-state index is 11.6. The molecule has 0 saturated heterocycles. The largest absolute Gasteiger partial charge is 0.508 e. The molecule has 4 heteroatoms. The van der Waals surface area contributed by atoms with Crippen molar-refractivity contribution in [2.75, 3.05) is 0 Å². The Hall–Kier alpha value is -1.32. The zero-order valence-corrected chi connectivity index (χ0v) is 12.1. The normalized spacial score (nSPS) is 25.4. The van der Waals surface area contributed by atoms with E-state index in [9.17, 15) is 15.2 Å². The Morgan fingerprint density at radius 1 is 1.28 bits per heavy atom. The first-order chi connectivity index (χ1) is 7.92. The first-order valence-corrected chi connectivity index (χ1v) is 6.18. The number of nitrogens with zero attached hydrogens (tertiary/aromatic N) is 1. The van der Waals surface area contributed by atoms with E-state index in [0.717, 1.165) is 5.57 Å². The molecule has 0 aliphatic heterocycles. The highest BCUT2D eigenvalue weighted by molar-refractivity contribution is 5.34. The Morgan fingerprint density at radius 2 is 1.78 bits per heavy atom. The SMILES string of the molecule is CC(C)(C)C1=C(O)C=CC([N+](=O)[O-])(C(C)(C)C)C1. The van der Waals surface area contributed by atoms with Gasteiger partial charge in [-0.05, 0) is 23.1 Å². The summed E-state index contributed by atoms with van der Waals surface area (Å²) in [5, 5.41) is 21.5. The maximum Gasteiger partial charge on any atom is 0.249 e. The van der Waals surface area contributed by atoms with Gasteiger partial charge in [-0.25, -0.2) is 0 Å². The molecule has 0 aromatic rings. The average molecular weight is 253 g/mol. The zero-order valence-electron chi connectivity index (χ0n) is 12.1. The van der Waals surface area contributed by atoms with Crippen LogP contribution in [0.15, 0.2) is 23.5 Å². The molecule has 1 rings (SSSR count). The summed E-state index contributed by atoms with van der Waals surface area (Å²) in [6.45, 7) is 11.5. The van der Waals surface area contributed by atoms with Crippen LogP contribution in [0.4, 0.5) is 0 Å². The summed E-state index contributed by atoms with van der Waals surface area (Å²) in [6, 6.07) is 0. The highest BCUT2D eigenvalue weighted by Crippen LogP contribution is 2.46. The van der Waals surface area contributed by atoms with Crippen LogP contribution < -0.4 is 0 Å². The lowest BCUT2D eigenvalue weighted by Gasteiger charge is -2.39. The van der Waals surface area contributed by atoms with Crippen molar-refractivity contribution in [2.45, 2.75) is 53.5 Å². The van der Waals surface area contributed by atoms with Crippen LogP contribution in [-0.4, -0.2) is 15.6 Å². The van der Waals surface area contributed by atoms with Crippen LogP contribution in [0.1, 0.15) is 48.0 Å². The summed E-state index contributed by atoms with van der Waals surface area (Å²) < 4.78 is 0. The van der Waals surface area contributed by atoms with Gasteiger partial charge in [0.2, 0.25) is 5.54 Å². The van der Waals surface area contributed by atoms with Gasteiger partial charge in [-0.2, -0.15) is 0 Å². The molecule has 1 unspecified atom stereocenters. The van der Waals surface area contributed by atoms with Gasteiger partial charge in [0.15, 0.2) is 0 Å². The van der Waals surface area contributed by atoms with Gasteiger partial charge < -0.3 is 5.11 Å². The van der Waals surface area contributed by atoms with E-state index in [1.54, 1.807) is 0 Å². The van der Waals surface area contributed by atoms with Crippen LogP contribution in [0.3, 0.4) is 0 Å². The molecule has 0 fully saturated rings. The smallest absolute Gasteiger partial charge is 0.249 e. The van der Waals surface area contributed by atoms with Crippen LogP contribution >= 0.6 is 0 Å². The fraction of sp³-hybridized carbons (Fsp3) is 0.714. The van der Waals surface area contributed by atoms with Crippen LogP contribution in [0.5, 0.6) is 0 Å². The Kier molecular flexibility index (Phi) is 3.36. The number of aliphatic hydroxyl groups excluding tert-OH is 1. The number of aliphatic hydroxyl groups is 1. The number of hydrogen-bond donors (Lipinski definition) is 1. The fourth-order valence-electron chi connectivity index (χ4n) is 2.30. The van der Waals surface area contributed by atoms with Crippen molar-refractivity contribution in [3.63, 3.8) is 0 Å². The molecule has 0 spiro atoms. The lowest BCUT2D eigenvalue weighted by Crippen LogP contribution is -2.50. The second-order valence-corrected chi connectivity index (χ2v) is 7.06. The number of allylic oxidation sites excluding steroid dienone is 1. The Bertz CT molecular complexity index is 421. The fourth-order valence-corrected chi connectivity index (χ4v) is 2.30. The molecule has 0 saturated carbocycles. The molecule has 0 aromatic carbocycles. The number of rotatable bonds is 1. The molecule has 0 radical (unpaired) electrons. The van der Waals surface area contributed by atoms with E-state index >= 15 is 0 Å². The Labute approximate surface area is 109 Å². The third-order valence-corrected chi connectivity index (χ3v) is 3.80. The van der Waals surface area contributed by atoms with E-state index in [4.69, 9.17) is 0 Å². The lowest BCUT2D eigenvalue weighted by molar-refractivity contribution is -0.574. The van der Waals surface area contributed by atoms with Crippen LogP contribution in [-0.2, 0) is 0 Å². The Morgan fingerprint density at radius 3 is 2.11 bits per heavy atom. The first-order valence-electron chi connectivity index (χ1n) is 6.18. The minimum absolute atomic E-state index is 0.171. The maximum absolute atomic E-state index is 11.6. The molecule has 102 valence electrons. The zero-order chi connectivity index (χ0) is 14.4. The highest BCUT2D eigenvalue weighted by Gasteiger charge is 2.54. The van der Waals surface area contributed by atoms with Crippen molar-refractivity contribution in [1.82, 2.24) is 0 Å². The summed E-state index contributed by atoms with van der Waals surface area (Å²) in [5.74, 6) is 0.171. The van der Waals surface area contributed by atoms with Gasteiger partial charge in [-0.1, -0.05) is 41.5 Å². The van der Waals surface area contributed by atoms with Crippen molar-refractivity contribution in [3.8, 4) is 0 Å². The predicted octanol–water partition coefficient (Wildman–Crippen LogP) is 3.87. The summed E-state index contributed by atoms with van der Waals surface area (Å²) in [5.41, 5.74) is -1.19. The molecule has 1 N–H and O–H groups in total. The number of nitro groups is 1. The van der Waals surface area contributed by atoms with Gasteiger partial charge >= 0.3 is 0 Å². The molecular formula is C14H23NO3. The van der Waals surface area contributed by atoms with Gasteiger partial charge in [0, 0.05) is 16.8 Å². The van der Waals surface area contributed by atoms with Crippen LogP contribution in [0, 0.1) is 20.9 Å². The minimum atomic E-state index is -1.15. The van der Waals surface area contributed by atoms with Crippen molar-refractivity contribution < 1.29 is 10.0 Å². The first kappa shape index (κ1) is 14.7. The van der Waals surface area contributed by atoms with Crippen molar-refractivity contribution in [1.29, 1.82) is 0 Å². The third-order valence-electron chi connectivity index (χ3n) is 3.80. The van der Waals surface area contributed by atoms with Crippen molar-refractivity contribution >= 4 is 0 Å². The molecule has 0 amide bonds. The highest BCUT2D eigenvalue weighted by atomic mass is 16.6. The number of hydrogen-bond acceptors (Lipinski definition) is 3. The summed E-state index contributed by atoms with van der Waals surface area (Å²) in [4.78, 5) is 11.3. The van der Waals surface area contributed by atoms with E-state index < -0.39 is 11.0 Å². The average Bonchev–Trinajstić information content (AvgIpc) is 2.14. The standard InChI is InChI=1S/C14H23NO3/c1-12(2,3)10-9-14(15(17)18,13(4,5)6)8-7-11(10)16/h7-8,16H,9H2,1-6H3. The van der Waals surface area contributed by atoms with Gasteiger partial charge in [0.25, 0.3) is 0 Å². The second-order valence-electron chi connectivity index (χ2n) is 7.06. The molecule has 1 aliphatic rings. The van der Waals surface area contributed by atoms with E-state index in [-0.39, 0.29) is 22.5 Å². The topological polar surface area (TPSA) is 63.4 Å². The quantitative estimate of drug-likeness (QED) is 0.570. The van der Waals surface area contributed by atoms with E-state index in [0.29, 0.717) is 0 Å². The van der Waals surface area contributed by atoms with Gasteiger partial charge in [-0.3, -0.25) is 10.1 Å². The lowest BCUT2D eigenvalue weighted by atomic mass is 9.65. The minimum Gasteiger partial charge on any atom is -0.508 e. The van der Waals surface area contributed by atoms with Crippen LogP contribution in [0.25, 0.3) is 0 Å². The van der Waals surface area contributed by atoms with Gasteiger partial charge in [-0.15, -0.1) is 0 Å². The molecule has 0 bridgehead atoms. The van der Waals surface area contributed by atoms with E-state index in [1.807, 2.05) is 41.5 Å². The van der Waals surface area contributed by atoms with Crippen molar-refractivity contribution in [3.05, 3.63) is 33.6 Å². The molecule has 1 aliphatic carbocycles. The predicted molar refractivity (Wildman–Crippen MR) is 72.0 cm³/mol. The molecule has 1 atom stereocenters. The molecular weight excluding hydrogens is 230 g/mol. The third kappa shape index (κ3) is 2.28. The van der Waals surface area contributed by atoms with E-state index in [1.165, 1.54) is 12.2 Å². The summed E-state index contributed by atoms with van der Waals surface area (Å²) >= 11 is 0. The molecule has 0 aromatic heterocycles. The molecule has 0 heterocycles. The van der Waals surface area contributed by atoms with Gasteiger partial charge in [0.05, 0.1) is 0 Å². The van der Waals surface area contributed by atoms with Gasteiger partial charge in [0.1, 0.15) is 5.76 Å². The van der Waals surface area contributed by atoms with Crippen molar-refractivity contribution in [2.24, 2.45) is 10.8 Å². The molecule has 18 heavy (non-hydrogen) atoms. The molecule has 4 nitrogen and oxygen atoms in total. The van der Waals surface area contributed by atoms with E-state index in [2.05, 4.69) is 0 Å². The Balaban J connectivity index is 3.35. The monoisotopic (exact) mass is 253 g/mol. The summed E-state index contributed by atoms with van der Waals surface area (Å²) in [6.07, 6.45) is 3.28. The second kappa shape index (κ2) is 4.11. The summed E-state index contributed by atoms with van der Waals surface area (Å²) in [7, 11) is 0.